The normalized spacial score (nSPS) is 13.6. The fourth-order valence-electron chi connectivity index (χ4n) is 2.68. The van der Waals surface area contributed by atoms with E-state index in [-0.39, 0.29) is 5.69 Å². The number of hydrogen-bond donors (Lipinski definition) is 1. The Labute approximate surface area is 169 Å². The standard InChI is InChI=1S/C19H14IN5O2/c20-15-6-8-16(9-7-15)23-19(14-4-2-1-3-5-14)21-24(22-23)17-10-12-18(13-11-17)25(26)27/h1-13,22H. The molecule has 0 atom stereocenters. The van der Waals surface area contributed by atoms with Crippen molar-refractivity contribution in [2.45, 2.75) is 0 Å². The highest BCUT2D eigenvalue weighted by Gasteiger charge is 2.26. The number of non-ortho nitro benzene ring substituents is 1. The molecule has 4 rings (SSSR count). The molecule has 3 aromatic carbocycles. The quantitative estimate of drug-likeness (QED) is 0.349. The van der Waals surface area contributed by atoms with E-state index in [2.05, 4.69) is 33.2 Å². The molecule has 0 bridgehead atoms. The summed E-state index contributed by atoms with van der Waals surface area (Å²) in [5.74, 6) is 0.732. The third-order valence-corrected chi connectivity index (χ3v) is 4.74. The predicted molar refractivity (Wildman–Crippen MR) is 113 cm³/mol. The minimum Gasteiger partial charge on any atom is -0.258 e. The third-order valence-electron chi connectivity index (χ3n) is 4.02. The number of nitrogens with zero attached hydrogens (tertiary/aromatic N) is 4. The van der Waals surface area contributed by atoms with E-state index in [1.165, 1.54) is 12.1 Å². The number of nitro benzene ring substituents is 1. The summed E-state index contributed by atoms with van der Waals surface area (Å²) in [6.45, 7) is 0. The van der Waals surface area contributed by atoms with Gasteiger partial charge in [-0.3, -0.25) is 10.1 Å². The molecule has 0 aliphatic carbocycles. The SMILES string of the molecule is O=[N+]([O-])c1ccc(N2N=C(c3ccccc3)N(c3ccc(I)cc3)N2)cc1. The van der Waals surface area contributed by atoms with Crippen LogP contribution in [-0.4, -0.2) is 10.8 Å². The summed E-state index contributed by atoms with van der Waals surface area (Å²) in [5.41, 5.74) is 5.85. The number of nitro groups is 1. The first-order chi connectivity index (χ1) is 13.1. The highest BCUT2D eigenvalue weighted by Crippen LogP contribution is 2.26. The van der Waals surface area contributed by atoms with Crippen molar-refractivity contribution in [3.05, 3.63) is 98.1 Å². The highest BCUT2D eigenvalue weighted by molar-refractivity contribution is 14.1. The second-order valence-electron chi connectivity index (χ2n) is 5.79. The van der Waals surface area contributed by atoms with E-state index in [4.69, 9.17) is 0 Å². The molecule has 0 aromatic heterocycles. The van der Waals surface area contributed by atoms with Crippen LogP contribution in [0.4, 0.5) is 17.1 Å². The van der Waals surface area contributed by atoms with Gasteiger partial charge in [-0.25, -0.2) is 5.01 Å². The summed E-state index contributed by atoms with van der Waals surface area (Å²) in [4.78, 5) is 10.5. The monoisotopic (exact) mass is 471 g/mol. The van der Waals surface area contributed by atoms with Crippen LogP contribution in [0, 0.1) is 13.7 Å². The van der Waals surface area contributed by atoms with Gasteiger partial charge in [0.15, 0.2) is 5.84 Å². The molecule has 1 N–H and O–H groups in total. The van der Waals surface area contributed by atoms with Gasteiger partial charge in [-0.15, -0.1) is 10.6 Å². The van der Waals surface area contributed by atoms with Crippen LogP contribution < -0.4 is 15.7 Å². The van der Waals surface area contributed by atoms with Crippen LogP contribution in [-0.2, 0) is 0 Å². The number of hydrogen-bond acceptors (Lipinski definition) is 6. The summed E-state index contributed by atoms with van der Waals surface area (Å²) in [7, 11) is 0. The predicted octanol–water partition coefficient (Wildman–Crippen LogP) is 4.31. The summed E-state index contributed by atoms with van der Waals surface area (Å²) in [5, 5.41) is 19.0. The van der Waals surface area contributed by atoms with E-state index < -0.39 is 4.92 Å². The lowest BCUT2D eigenvalue weighted by Gasteiger charge is -2.22. The second-order valence-corrected chi connectivity index (χ2v) is 7.03. The Morgan fingerprint density at radius 3 is 2.15 bits per heavy atom. The molecule has 0 saturated heterocycles. The molecule has 0 spiro atoms. The number of halogens is 1. The topological polar surface area (TPSA) is 74.0 Å². The van der Waals surface area contributed by atoms with Gasteiger partial charge in [0, 0.05) is 21.3 Å². The highest BCUT2D eigenvalue weighted by atomic mass is 127. The molecule has 0 fully saturated rings. The number of anilines is 2. The number of benzene rings is 3. The number of nitrogens with one attached hydrogen (secondary N) is 1. The van der Waals surface area contributed by atoms with Gasteiger partial charge in [-0.1, -0.05) is 30.3 Å². The first-order valence-electron chi connectivity index (χ1n) is 8.12. The Hall–Kier alpha value is -2.98. The fourth-order valence-corrected chi connectivity index (χ4v) is 3.04. The zero-order chi connectivity index (χ0) is 18.8. The van der Waals surface area contributed by atoms with Gasteiger partial charge in [-0.05, 0) is 59.0 Å². The van der Waals surface area contributed by atoms with Crippen molar-refractivity contribution in [2.24, 2.45) is 5.10 Å². The van der Waals surface area contributed by atoms with E-state index in [0.29, 0.717) is 5.69 Å². The van der Waals surface area contributed by atoms with Crippen LogP contribution in [0.3, 0.4) is 0 Å². The molecule has 27 heavy (non-hydrogen) atoms. The number of rotatable bonds is 4. The van der Waals surface area contributed by atoms with Crippen molar-refractivity contribution in [3.8, 4) is 0 Å². The molecule has 3 aromatic rings. The van der Waals surface area contributed by atoms with Gasteiger partial charge in [0.2, 0.25) is 0 Å². The molecule has 1 aliphatic rings. The van der Waals surface area contributed by atoms with Crippen LogP contribution in [0.2, 0.25) is 0 Å². The minimum atomic E-state index is -0.419. The smallest absolute Gasteiger partial charge is 0.258 e. The molecule has 1 heterocycles. The molecular formula is C19H14IN5O2. The molecule has 1 aliphatic heterocycles. The van der Waals surface area contributed by atoms with Gasteiger partial charge < -0.3 is 0 Å². The maximum atomic E-state index is 10.9. The average molecular weight is 471 g/mol. The average Bonchev–Trinajstić information content (AvgIpc) is 3.15. The zero-order valence-corrected chi connectivity index (χ0v) is 16.1. The Morgan fingerprint density at radius 1 is 0.889 bits per heavy atom. The molecule has 7 nitrogen and oxygen atoms in total. The molecule has 0 radical (unpaired) electrons. The van der Waals surface area contributed by atoms with Crippen LogP contribution in [0.5, 0.6) is 0 Å². The molecule has 0 saturated carbocycles. The molecule has 0 amide bonds. The lowest BCUT2D eigenvalue weighted by molar-refractivity contribution is -0.384. The van der Waals surface area contributed by atoms with E-state index in [1.54, 1.807) is 17.3 Å². The van der Waals surface area contributed by atoms with Gasteiger partial charge in [-0.2, -0.15) is 5.12 Å². The number of hydrazone groups is 1. The van der Waals surface area contributed by atoms with Crippen molar-refractivity contribution in [1.82, 2.24) is 5.53 Å². The van der Waals surface area contributed by atoms with Crippen LogP contribution >= 0.6 is 22.6 Å². The molecular weight excluding hydrogens is 457 g/mol. The lowest BCUT2D eigenvalue weighted by atomic mass is 10.2. The van der Waals surface area contributed by atoms with Gasteiger partial charge >= 0.3 is 0 Å². The van der Waals surface area contributed by atoms with Crippen LogP contribution in [0.15, 0.2) is 84.0 Å². The number of hydrazine groups is 2. The Bertz CT molecular complexity index is 991. The van der Waals surface area contributed by atoms with E-state index in [1.807, 2.05) is 59.6 Å². The molecule has 0 unspecified atom stereocenters. The van der Waals surface area contributed by atoms with Crippen molar-refractivity contribution in [2.75, 3.05) is 10.1 Å². The number of amidine groups is 1. The summed E-state index contributed by atoms with van der Waals surface area (Å²) >= 11 is 2.26. The van der Waals surface area contributed by atoms with E-state index in [0.717, 1.165) is 20.7 Å². The zero-order valence-electron chi connectivity index (χ0n) is 14.0. The van der Waals surface area contributed by atoms with E-state index >= 15 is 0 Å². The van der Waals surface area contributed by atoms with Crippen molar-refractivity contribution >= 4 is 45.5 Å². The summed E-state index contributed by atoms with van der Waals surface area (Å²) in [6, 6.07) is 24.1. The summed E-state index contributed by atoms with van der Waals surface area (Å²) < 4.78 is 1.14. The van der Waals surface area contributed by atoms with Gasteiger partial charge in [0.25, 0.3) is 5.69 Å². The first kappa shape index (κ1) is 17.4. The van der Waals surface area contributed by atoms with Crippen LogP contribution in [0.1, 0.15) is 5.56 Å². The maximum absolute atomic E-state index is 10.9. The molecule has 134 valence electrons. The maximum Gasteiger partial charge on any atom is 0.269 e. The first-order valence-corrected chi connectivity index (χ1v) is 9.20. The Morgan fingerprint density at radius 2 is 1.52 bits per heavy atom. The van der Waals surface area contributed by atoms with Crippen molar-refractivity contribution in [1.29, 1.82) is 0 Å². The Kier molecular flexibility index (Phi) is 4.73. The van der Waals surface area contributed by atoms with Gasteiger partial charge in [0.05, 0.1) is 16.3 Å². The second kappa shape index (κ2) is 7.33. The lowest BCUT2D eigenvalue weighted by Crippen LogP contribution is -2.43. The van der Waals surface area contributed by atoms with Crippen molar-refractivity contribution in [3.63, 3.8) is 0 Å². The summed E-state index contributed by atoms with van der Waals surface area (Å²) in [6.07, 6.45) is 0. The third kappa shape index (κ3) is 3.62. The van der Waals surface area contributed by atoms with E-state index in [9.17, 15) is 10.1 Å². The Balaban J connectivity index is 1.71. The largest absolute Gasteiger partial charge is 0.269 e. The fraction of sp³-hybridized carbons (Fsp3) is 0. The van der Waals surface area contributed by atoms with Crippen molar-refractivity contribution < 1.29 is 4.92 Å². The minimum absolute atomic E-state index is 0.0414. The molecule has 8 heteroatoms. The van der Waals surface area contributed by atoms with Crippen LogP contribution in [0.25, 0.3) is 0 Å². The van der Waals surface area contributed by atoms with Gasteiger partial charge in [0.1, 0.15) is 0 Å².